The molecular formula is C27H32N4O2S. The smallest absolute Gasteiger partial charge is 0.233 e. The van der Waals surface area contributed by atoms with E-state index >= 15 is 0 Å². The molecular weight excluding hydrogens is 444 g/mol. The fourth-order valence-electron chi connectivity index (χ4n) is 4.23. The number of benzene rings is 2. The highest BCUT2D eigenvalue weighted by atomic mass is 32.2. The number of aromatic nitrogens is 2. The minimum absolute atomic E-state index is 0.0387. The lowest BCUT2D eigenvalue weighted by Crippen LogP contribution is -2.42. The van der Waals surface area contributed by atoms with Gasteiger partial charge in [0.15, 0.2) is 5.16 Å². The van der Waals surface area contributed by atoms with Crippen LogP contribution in [0.3, 0.4) is 0 Å². The molecule has 0 saturated carbocycles. The second kappa shape index (κ2) is 11.4. The number of carbonyl (C=O) groups excluding carboxylic acids is 2. The van der Waals surface area contributed by atoms with Gasteiger partial charge in [0, 0.05) is 31.2 Å². The highest BCUT2D eigenvalue weighted by Gasteiger charge is 2.27. The largest absolute Gasteiger partial charge is 0.342 e. The normalized spacial score (nSPS) is 14.4. The number of hydrogen-bond donors (Lipinski definition) is 1. The molecule has 1 fully saturated rings. The van der Waals surface area contributed by atoms with E-state index in [1.54, 1.807) is 0 Å². The fourth-order valence-corrected chi connectivity index (χ4v) is 5.12. The van der Waals surface area contributed by atoms with Gasteiger partial charge < -0.3 is 14.8 Å². The lowest BCUT2D eigenvalue weighted by Gasteiger charge is -2.31. The summed E-state index contributed by atoms with van der Waals surface area (Å²) in [7, 11) is 0. The summed E-state index contributed by atoms with van der Waals surface area (Å²) in [6, 6.07) is 19.8. The van der Waals surface area contributed by atoms with Crippen LogP contribution in [0.25, 0.3) is 11.3 Å². The van der Waals surface area contributed by atoms with Crippen LogP contribution in [-0.2, 0) is 16.1 Å². The number of piperidine rings is 1. The molecule has 1 aliphatic heterocycles. The topological polar surface area (TPSA) is 67.2 Å². The first-order chi connectivity index (χ1) is 16.5. The maximum absolute atomic E-state index is 12.9. The summed E-state index contributed by atoms with van der Waals surface area (Å²) in [5.41, 5.74) is 3.02. The average Bonchev–Trinajstić information content (AvgIpc) is 3.25. The zero-order chi connectivity index (χ0) is 23.9. The third kappa shape index (κ3) is 6.08. The van der Waals surface area contributed by atoms with Gasteiger partial charge in [0.05, 0.1) is 17.6 Å². The molecule has 34 heavy (non-hydrogen) atoms. The van der Waals surface area contributed by atoms with Crippen molar-refractivity contribution in [2.24, 2.45) is 11.8 Å². The van der Waals surface area contributed by atoms with Crippen molar-refractivity contribution in [1.29, 1.82) is 0 Å². The van der Waals surface area contributed by atoms with Crippen molar-refractivity contribution < 1.29 is 9.59 Å². The Bertz CT molecular complexity index is 1090. The standard InChI is InChI=1S/C27H32N4O2S/c1-20(2)18-31-24(21-9-5-3-6-10-21)17-28-27(31)34-19-25(32)30-15-13-22(14-16-30)26(33)29-23-11-7-4-8-12-23/h3-12,17,20,22H,13-16,18-19H2,1-2H3,(H,29,33). The molecule has 3 aromatic rings. The molecule has 0 radical (unpaired) electrons. The second-order valence-electron chi connectivity index (χ2n) is 9.10. The monoisotopic (exact) mass is 476 g/mol. The summed E-state index contributed by atoms with van der Waals surface area (Å²) in [6.07, 6.45) is 3.28. The zero-order valence-corrected chi connectivity index (χ0v) is 20.6. The number of anilines is 1. The van der Waals surface area contributed by atoms with Gasteiger partial charge >= 0.3 is 0 Å². The highest BCUT2D eigenvalue weighted by molar-refractivity contribution is 7.99. The van der Waals surface area contributed by atoms with Crippen molar-refractivity contribution in [3.8, 4) is 11.3 Å². The molecule has 0 atom stereocenters. The number of rotatable bonds is 8. The van der Waals surface area contributed by atoms with Crippen LogP contribution >= 0.6 is 11.8 Å². The molecule has 0 bridgehead atoms. The summed E-state index contributed by atoms with van der Waals surface area (Å²) in [5, 5.41) is 3.86. The Morgan fingerprint density at radius 1 is 1.03 bits per heavy atom. The summed E-state index contributed by atoms with van der Waals surface area (Å²) in [6.45, 7) is 6.45. The van der Waals surface area contributed by atoms with Gasteiger partial charge in [-0.1, -0.05) is 74.1 Å². The maximum atomic E-state index is 12.9. The first kappa shape index (κ1) is 24.1. The second-order valence-corrected chi connectivity index (χ2v) is 10.0. The van der Waals surface area contributed by atoms with Crippen LogP contribution in [0.1, 0.15) is 26.7 Å². The Hall–Kier alpha value is -3.06. The highest BCUT2D eigenvalue weighted by Crippen LogP contribution is 2.28. The van der Waals surface area contributed by atoms with Gasteiger partial charge in [-0.15, -0.1) is 0 Å². The number of likely N-dealkylation sites (tertiary alicyclic amines) is 1. The number of thioether (sulfide) groups is 1. The van der Waals surface area contributed by atoms with E-state index in [0.29, 0.717) is 37.6 Å². The van der Waals surface area contributed by atoms with Crippen molar-refractivity contribution in [3.63, 3.8) is 0 Å². The third-order valence-electron chi connectivity index (χ3n) is 6.02. The predicted octanol–water partition coefficient (Wildman–Crippen LogP) is 5.18. The summed E-state index contributed by atoms with van der Waals surface area (Å²) in [4.78, 5) is 32.0. The van der Waals surface area contributed by atoms with E-state index in [2.05, 4.69) is 40.8 Å². The van der Waals surface area contributed by atoms with Crippen molar-refractivity contribution >= 4 is 29.3 Å². The number of amides is 2. The molecule has 0 unspecified atom stereocenters. The van der Waals surface area contributed by atoms with Gasteiger partial charge in [0.2, 0.25) is 11.8 Å². The lowest BCUT2D eigenvalue weighted by molar-refractivity contribution is -0.132. The van der Waals surface area contributed by atoms with Gasteiger partial charge in [-0.2, -0.15) is 0 Å². The average molecular weight is 477 g/mol. The molecule has 1 N–H and O–H groups in total. The molecule has 1 aliphatic rings. The van der Waals surface area contributed by atoms with Gasteiger partial charge in [0.25, 0.3) is 0 Å². The molecule has 2 aromatic carbocycles. The molecule has 6 nitrogen and oxygen atoms in total. The van der Waals surface area contributed by atoms with Crippen LogP contribution in [0, 0.1) is 11.8 Å². The Labute approximate surface area is 205 Å². The number of carbonyl (C=O) groups is 2. The lowest BCUT2D eigenvalue weighted by atomic mass is 9.96. The molecule has 1 saturated heterocycles. The molecule has 2 amide bonds. The van der Waals surface area contributed by atoms with Crippen molar-refractivity contribution in [1.82, 2.24) is 14.5 Å². The molecule has 7 heteroatoms. The first-order valence-electron chi connectivity index (χ1n) is 11.9. The minimum atomic E-state index is -0.0599. The number of nitrogens with one attached hydrogen (secondary N) is 1. The molecule has 2 heterocycles. The van der Waals surface area contributed by atoms with Crippen molar-refractivity contribution in [2.45, 2.75) is 38.4 Å². The fraction of sp³-hybridized carbons (Fsp3) is 0.370. The minimum Gasteiger partial charge on any atom is -0.342 e. The van der Waals surface area contributed by atoms with E-state index < -0.39 is 0 Å². The van der Waals surface area contributed by atoms with E-state index in [1.807, 2.05) is 59.6 Å². The third-order valence-corrected chi connectivity index (χ3v) is 7.00. The molecule has 1 aromatic heterocycles. The Morgan fingerprint density at radius 2 is 1.68 bits per heavy atom. The van der Waals surface area contributed by atoms with E-state index in [9.17, 15) is 9.59 Å². The quantitative estimate of drug-likeness (QED) is 0.455. The van der Waals surface area contributed by atoms with E-state index in [0.717, 1.165) is 28.6 Å². The number of nitrogens with zero attached hydrogens (tertiary/aromatic N) is 3. The van der Waals surface area contributed by atoms with E-state index in [4.69, 9.17) is 0 Å². The Morgan fingerprint density at radius 3 is 2.32 bits per heavy atom. The van der Waals surface area contributed by atoms with Gasteiger partial charge in [-0.3, -0.25) is 9.59 Å². The van der Waals surface area contributed by atoms with Gasteiger partial charge in [-0.25, -0.2) is 4.98 Å². The summed E-state index contributed by atoms with van der Waals surface area (Å²) < 4.78 is 2.22. The molecule has 0 aliphatic carbocycles. The van der Waals surface area contributed by atoms with Gasteiger partial charge in [0.1, 0.15) is 0 Å². The zero-order valence-electron chi connectivity index (χ0n) is 19.8. The van der Waals surface area contributed by atoms with Crippen molar-refractivity contribution in [2.75, 3.05) is 24.2 Å². The maximum Gasteiger partial charge on any atom is 0.233 e. The van der Waals surface area contributed by atoms with Crippen LogP contribution in [0.4, 0.5) is 5.69 Å². The van der Waals surface area contributed by atoms with E-state index in [-0.39, 0.29) is 17.7 Å². The predicted molar refractivity (Wildman–Crippen MR) is 138 cm³/mol. The summed E-state index contributed by atoms with van der Waals surface area (Å²) in [5.74, 6) is 0.900. The van der Waals surface area contributed by atoms with Crippen LogP contribution in [0.2, 0.25) is 0 Å². The van der Waals surface area contributed by atoms with Gasteiger partial charge in [-0.05, 0) is 36.5 Å². The molecule has 4 rings (SSSR count). The Kier molecular flexibility index (Phi) is 8.06. The van der Waals surface area contributed by atoms with E-state index in [1.165, 1.54) is 11.8 Å². The number of imidazole rings is 1. The van der Waals surface area contributed by atoms with Crippen LogP contribution in [0.5, 0.6) is 0 Å². The van der Waals surface area contributed by atoms with Crippen LogP contribution < -0.4 is 5.32 Å². The number of para-hydroxylation sites is 1. The Balaban J connectivity index is 1.32. The summed E-state index contributed by atoms with van der Waals surface area (Å²) >= 11 is 1.50. The van der Waals surface area contributed by atoms with Crippen LogP contribution in [0.15, 0.2) is 72.0 Å². The first-order valence-corrected chi connectivity index (χ1v) is 12.9. The number of hydrogen-bond acceptors (Lipinski definition) is 4. The SMILES string of the molecule is CC(C)Cn1c(-c2ccccc2)cnc1SCC(=O)N1CCC(C(=O)Nc2ccccc2)CC1. The van der Waals surface area contributed by atoms with Crippen LogP contribution in [-0.4, -0.2) is 45.1 Å². The van der Waals surface area contributed by atoms with Crippen molar-refractivity contribution in [3.05, 3.63) is 66.9 Å². The molecule has 178 valence electrons. The molecule has 0 spiro atoms.